The first-order valence-electron chi connectivity index (χ1n) is 5.65. The van der Waals surface area contributed by atoms with Crippen molar-refractivity contribution in [1.82, 2.24) is 5.32 Å². The molecule has 82 valence electrons. The van der Waals surface area contributed by atoms with Gasteiger partial charge < -0.3 is 5.32 Å². The third kappa shape index (κ3) is 1.92. The molecule has 1 heterocycles. The zero-order valence-electron chi connectivity index (χ0n) is 8.78. The molecule has 1 saturated carbocycles. The van der Waals surface area contributed by atoms with Crippen molar-refractivity contribution in [2.45, 2.75) is 56.9 Å². The summed E-state index contributed by atoms with van der Waals surface area (Å²) >= 11 is 0. The third-order valence-corrected chi connectivity index (χ3v) is 3.88. The topological polar surface area (TPSA) is 12.0 Å². The van der Waals surface area contributed by atoms with Gasteiger partial charge in [0.15, 0.2) is 0 Å². The SMILES string of the molecule is CC1(C2CCCCC2)CC(F)(F)CN1. The number of rotatable bonds is 1. The summed E-state index contributed by atoms with van der Waals surface area (Å²) in [6.07, 6.45) is 5.99. The van der Waals surface area contributed by atoms with Crippen molar-refractivity contribution in [2.24, 2.45) is 5.92 Å². The lowest BCUT2D eigenvalue weighted by Crippen LogP contribution is -2.44. The lowest BCUT2D eigenvalue weighted by atomic mass is 9.75. The van der Waals surface area contributed by atoms with E-state index < -0.39 is 5.92 Å². The summed E-state index contributed by atoms with van der Waals surface area (Å²) in [5.41, 5.74) is -0.302. The van der Waals surface area contributed by atoms with Crippen LogP contribution in [-0.4, -0.2) is 18.0 Å². The van der Waals surface area contributed by atoms with Gasteiger partial charge in [-0.2, -0.15) is 0 Å². The van der Waals surface area contributed by atoms with Crippen molar-refractivity contribution in [3.05, 3.63) is 0 Å². The average molecular weight is 203 g/mol. The number of alkyl halides is 2. The van der Waals surface area contributed by atoms with Crippen LogP contribution >= 0.6 is 0 Å². The highest BCUT2D eigenvalue weighted by Crippen LogP contribution is 2.42. The summed E-state index contributed by atoms with van der Waals surface area (Å²) in [5, 5.41) is 3.04. The summed E-state index contributed by atoms with van der Waals surface area (Å²) in [4.78, 5) is 0. The molecule has 0 aromatic rings. The number of hydrogen-bond acceptors (Lipinski definition) is 1. The van der Waals surface area contributed by atoms with Crippen LogP contribution in [0.5, 0.6) is 0 Å². The number of hydrogen-bond donors (Lipinski definition) is 1. The molecule has 0 amide bonds. The second kappa shape index (κ2) is 3.44. The minimum Gasteiger partial charge on any atom is -0.305 e. The van der Waals surface area contributed by atoms with E-state index >= 15 is 0 Å². The number of nitrogens with one attached hydrogen (secondary N) is 1. The van der Waals surface area contributed by atoms with E-state index in [0.717, 1.165) is 12.8 Å². The predicted octanol–water partition coefficient (Wildman–Crippen LogP) is 2.95. The Kier molecular flexibility index (Phi) is 2.54. The van der Waals surface area contributed by atoms with Crippen LogP contribution in [0, 0.1) is 5.92 Å². The van der Waals surface area contributed by atoms with Crippen molar-refractivity contribution >= 4 is 0 Å². The first kappa shape index (κ1) is 10.3. The molecule has 0 aromatic heterocycles. The Hall–Kier alpha value is -0.180. The molecule has 0 aromatic carbocycles. The normalized spacial score (nSPS) is 38.8. The fourth-order valence-electron chi connectivity index (χ4n) is 3.02. The molecule has 3 heteroatoms. The van der Waals surface area contributed by atoms with Crippen LogP contribution in [0.15, 0.2) is 0 Å². The highest BCUT2D eigenvalue weighted by molar-refractivity contribution is 5.01. The average Bonchev–Trinajstić information content (AvgIpc) is 2.44. The quantitative estimate of drug-likeness (QED) is 0.691. The molecular formula is C11H19F2N. The van der Waals surface area contributed by atoms with E-state index in [0.29, 0.717) is 5.92 Å². The van der Waals surface area contributed by atoms with Gasteiger partial charge in [-0.1, -0.05) is 19.3 Å². The van der Waals surface area contributed by atoms with E-state index in [1.807, 2.05) is 6.92 Å². The third-order valence-electron chi connectivity index (χ3n) is 3.88. The van der Waals surface area contributed by atoms with Gasteiger partial charge in [-0.25, -0.2) is 8.78 Å². The van der Waals surface area contributed by atoms with Crippen LogP contribution in [0.4, 0.5) is 8.78 Å². The molecule has 0 spiro atoms. The Labute approximate surface area is 84.3 Å². The van der Waals surface area contributed by atoms with Gasteiger partial charge in [-0.15, -0.1) is 0 Å². The molecule has 2 rings (SSSR count). The zero-order valence-corrected chi connectivity index (χ0v) is 8.78. The summed E-state index contributed by atoms with van der Waals surface area (Å²) in [6, 6.07) is 0. The van der Waals surface area contributed by atoms with Crippen LogP contribution in [0.2, 0.25) is 0 Å². The Balaban J connectivity index is 2.01. The number of halogens is 2. The minimum atomic E-state index is -2.48. The predicted molar refractivity (Wildman–Crippen MR) is 52.5 cm³/mol. The van der Waals surface area contributed by atoms with Gasteiger partial charge >= 0.3 is 0 Å². The maximum absolute atomic E-state index is 13.1. The lowest BCUT2D eigenvalue weighted by molar-refractivity contribution is 0.0110. The van der Waals surface area contributed by atoms with E-state index in [4.69, 9.17) is 0 Å². The van der Waals surface area contributed by atoms with Crippen LogP contribution in [0.1, 0.15) is 45.4 Å². The molecule has 0 bridgehead atoms. The van der Waals surface area contributed by atoms with Crippen molar-refractivity contribution in [3.8, 4) is 0 Å². The van der Waals surface area contributed by atoms with Crippen LogP contribution in [0.25, 0.3) is 0 Å². The Morgan fingerprint density at radius 3 is 2.29 bits per heavy atom. The molecule has 1 atom stereocenters. The minimum absolute atomic E-state index is 0.0324. The molecule has 1 unspecified atom stereocenters. The highest BCUT2D eigenvalue weighted by Gasteiger charge is 2.49. The molecule has 1 aliphatic heterocycles. The van der Waals surface area contributed by atoms with E-state index in [9.17, 15) is 8.78 Å². The van der Waals surface area contributed by atoms with Crippen molar-refractivity contribution in [1.29, 1.82) is 0 Å². The molecule has 2 fully saturated rings. The van der Waals surface area contributed by atoms with Gasteiger partial charge in [0.1, 0.15) is 0 Å². The van der Waals surface area contributed by atoms with Crippen LogP contribution in [-0.2, 0) is 0 Å². The Morgan fingerprint density at radius 2 is 1.79 bits per heavy atom. The second-order valence-electron chi connectivity index (χ2n) is 5.14. The second-order valence-corrected chi connectivity index (χ2v) is 5.14. The standard InChI is InChI=1S/C11H19F2N/c1-10(7-11(12,13)8-14-10)9-5-3-2-4-6-9/h9,14H,2-8H2,1H3. The smallest absolute Gasteiger partial charge is 0.262 e. The van der Waals surface area contributed by atoms with E-state index in [-0.39, 0.29) is 18.5 Å². The van der Waals surface area contributed by atoms with E-state index in [1.165, 1.54) is 19.3 Å². The van der Waals surface area contributed by atoms with Crippen LogP contribution < -0.4 is 5.32 Å². The summed E-state index contributed by atoms with van der Waals surface area (Å²) in [6.45, 7) is 1.85. The van der Waals surface area contributed by atoms with Crippen molar-refractivity contribution < 1.29 is 8.78 Å². The van der Waals surface area contributed by atoms with E-state index in [2.05, 4.69) is 5.32 Å². The summed E-state index contributed by atoms with van der Waals surface area (Å²) in [7, 11) is 0. The zero-order chi connectivity index (χ0) is 10.2. The molecule has 14 heavy (non-hydrogen) atoms. The largest absolute Gasteiger partial charge is 0.305 e. The molecule has 0 radical (unpaired) electrons. The maximum Gasteiger partial charge on any atom is 0.262 e. The summed E-state index contributed by atoms with van der Waals surface area (Å²) < 4.78 is 26.3. The first-order valence-corrected chi connectivity index (χ1v) is 5.65. The van der Waals surface area contributed by atoms with E-state index in [1.54, 1.807) is 0 Å². The maximum atomic E-state index is 13.1. The molecule has 1 saturated heterocycles. The van der Waals surface area contributed by atoms with Gasteiger partial charge in [0.2, 0.25) is 0 Å². The lowest BCUT2D eigenvalue weighted by Gasteiger charge is -2.36. The van der Waals surface area contributed by atoms with Gasteiger partial charge in [-0.3, -0.25) is 0 Å². The molecule has 1 N–H and O–H groups in total. The molecule has 1 aliphatic carbocycles. The van der Waals surface area contributed by atoms with Crippen LogP contribution in [0.3, 0.4) is 0 Å². The summed E-state index contributed by atoms with van der Waals surface area (Å²) in [5.74, 6) is -2.02. The van der Waals surface area contributed by atoms with Gasteiger partial charge in [0.05, 0.1) is 6.54 Å². The Bertz CT molecular complexity index is 211. The van der Waals surface area contributed by atoms with Crippen molar-refractivity contribution in [2.75, 3.05) is 6.54 Å². The molecular weight excluding hydrogens is 184 g/mol. The molecule has 2 aliphatic rings. The first-order chi connectivity index (χ1) is 6.52. The monoisotopic (exact) mass is 203 g/mol. The van der Waals surface area contributed by atoms with Crippen molar-refractivity contribution in [3.63, 3.8) is 0 Å². The van der Waals surface area contributed by atoms with Gasteiger partial charge in [0.25, 0.3) is 5.92 Å². The fraction of sp³-hybridized carbons (Fsp3) is 1.00. The van der Waals surface area contributed by atoms with Gasteiger partial charge in [0, 0.05) is 12.0 Å². The fourth-order valence-corrected chi connectivity index (χ4v) is 3.02. The Morgan fingerprint density at radius 1 is 1.14 bits per heavy atom. The molecule has 1 nitrogen and oxygen atoms in total. The van der Waals surface area contributed by atoms with Gasteiger partial charge in [-0.05, 0) is 25.7 Å². The highest BCUT2D eigenvalue weighted by atomic mass is 19.3.